The van der Waals surface area contributed by atoms with E-state index in [0.29, 0.717) is 4.88 Å². The molecule has 0 aliphatic carbocycles. The van der Waals surface area contributed by atoms with Crippen molar-refractivity contribution < 1.29 is 18.0 Å². The van der Waals surface area contributed by atoms with Gasteiger partial charge in [-0.25, -0.2) is 13.2 Å². The van der Waals surface area contributed by atoms with Crippen molar-refractivity contribution in [3.05, 3.63) is 44.8 Å². The molecule has 1 saturated heterocycles. The Morgan fingerprint density at radius 1 is 1.31 bits per heavy atom. The maximum Gasteiger partial charge on any atom is 0.368 e. The van der Waals surface area contributed by atoms with Crippen LogP contribution in [0.15, 0.2) is 34.8 Å². The summed E-state index contributed by atoms with van der Waals surface area (Å²) in [7, 11) is -3.86. The maximum absolute atomic E-state index is 12.9. The zero-order valence-corrected chi connectivity index (χ0v) is 16.8. The molecule has 1 fully saturated rings. The summed E-state index contributed by atoms with van der Waals surface area (Å²) >= 11 is 13.3. The lowest BCUT2D eigenvalue weighted by atomic mass is 10.3. The van der Waals surface area contributed by atoms with Crippen molar-refractivity contribution in [2.45, 2.75) is 17.9 Å². The molecule has 0 saturated carbocycles. The van der Waals surface area contributed by atoms with Gasteiger partial charge in [0.1, 0.15) is 9.77 Å². The van der Waals surface area contributed by atoms with Gasteiger partial charge in [0.15, 0.2) is 0 Å². The highest BCUT2D eigenvalue weighted by Crippen LogP contribution is 2.32. The first-order chi connectivity index (χ1) is 12.3. The third-order valence-corrected chi connectivity index (χ3v) is 7.45. The second kappa shape index (κ2) is 7.79. The van der Waals surface area contributed by atoms with Crippen molar-refractivity contribution in [3.8, 4) is 0 Å². The van der Waals surface area contributed by atoms with E-state index in [1.807, 2.05) is 0 Å². The average molecular weight is 436 g/mol. The summed E-state index contributed by atoms with van der Waals surface area (Å²) in [6.45, 7) is 2.28. The van der Waals surface area contributed by atoms with Crippen LogP contribution in [0.5, 0.6) is 0 Å². The van der Waals surface area contributed by atoms with Gasteiger partial charge in [-0.05, 0) is 19.1 Å². The minimum absolute atomic E-state index is 0.0733. The number of hydrogen-bond acceptors (Lipinski definition) is 7. The summed E-state index contributed by atoms with van der Waals surface area (Å²) in [4.78, 5) is 21.5. The quantitative estimate of drug-likeness (QED) is 0.734. The monoisotopic (exact) mass is 435 g/mol. The molecule has 7 nitrogen and oxygen atoms in total. The van der Waals surface area contributed by atoms with E-state index in [9.17, 15) is 13.2 Å². The first-order valence-corrected chi connectivity index (χ1v) is 10.7. The summed E-state index contributed by atoms with van der Waals surface area (Å²) in [5, 5.41) is 1.62. The van der Waals surface area contributed by atoms with Crippen LogP contribution in [-0.2, 0) is 14.9 Å². The number of nitrogens with zero attached hydrogens (tertiary/aromatic N) is 3. The number of benzene rings is 1. The molecule has 1 unspecified atom stereocenters. The molecule has 1 aliphatic heterocycles. The van der Waals surface area contributed by atoms with Crippen molar-refractivity contribution in [1.82, 2.24) is 14.4 Å². The molecule has 0 amide bonds. The van der Waals surface area contributed by atoms with Gasteiger partial charge in [-0.3, -0.25) is 4.98 Å². The summed E-state index contributed by atoms with van der Waals surface area (Å²) in [5.41, 5.74) is 1.54. The van der Waals surface area contributed by atoms with E-state index < -0.39 is 16.0 Å². The van der Waals surface area contributed by atoms with Gasteiger partial charge in [0.05, 0.1) is 27.8 Å². The number of piperazine rings is 1. The smallest absolute Gasteiger partial charge is 0.363 e. The van der Waals surface area contributed by atoms with Crippen LogP contribution >= 0.6 is 34.5 Å². The van der Waals surface area contributed by atoms with E-state index in [0.717, 1.165) is 0 Å². The molecule has 140 valence electrons. The fourth-order valence-electron chi connectivity index (χ4n) is 2.59. The van der Waals surface area contributed by atoms with Gasteiger partial charge in [-0.1, -0.05) is 29.3 Å². The number of rotatable bonds is 4. The molecular formula is C15H15Cl2N3O4S2. The molecule has 11 heteroatoms. The zero-order valence-electron chi connectivity index (χ0n) is 13.6. The molecule has 1 aromatic heterocycles. The highest BCUT2D eigenvalue weighted by atomic mass is 35.5. The van der Waals surface area contributed by atoms with Gasteiger partial charge in [0.2, 0.25) is 10.0 Å². The summed E-state index contributed by atoms with van der Waals surface area (Å²) in [5.74, 6) is -0.509. The van der Waals surface area contributed by atoms with Gasteiger partial charge in [-0.2, -0.15) is 4.31 Å². The lowest BCUT2D eigenvalue weighted by Gasteiger charge is -2.37. The highest BCUT2D eigenvalue weighted by Gasteiger charge is 2.36. The number of thiazole rings is 1. The number of carbonyl (C=O) groups is 1. The van der Waals surface area contributed by atoms with Crippen molar-refractivity contribution in [2.75, 3.05) is 19.6 Å². The summed E-state index contributed by atoms with van der Waals surface area (Å²) < 4.78 is 27.1. The lowest BCUT2D eigenvalue weighted by Crippen LogP contribution is -2.53. The highest BCUT2D eigenvalue weighted by molar-refractivity contribution is 7.89. The normalized spacial score (nSPS) is 19.4. The van der Waals surface area contributed by atoms with Crippen LogP contribution in [0.2, 0.25) is 10.0 Å². The molecule has 1 atom stereocenters. The largest absolute Gasteiger partial charge is 0.368 e. The molecule has 0 spiro atoms. The van der Waals surface area contributed by atoms with E-state index in [1.54, 1.807) is 13.0 Å². The van der Waals surface area contributed by atoms with E-state index in [2.05, 4.69) is 4.98 Å². The van der Waals surface area contributed by atoms with E-state index >= 15 is 0 Å². The van der Waals surface area contributed by atoms with Gasteiger partial charge < -0.3 is 4.84 Å². The Hall–Kier alpha value is -1.23. The van der Waals surface area contributed by atoms with Crippen LogP contribution in [0, 0.1) is 0 Å². The Morgan fingerprint density at radius 2 is 2.00 bits per heavy atom. The Balaban J connectivity index is 1.73. The van der Waals surface area contributed by atoms with Gasteiger partial charge in [0.25, 0.3) is 0 Å². The second-order valence-electron chi connectivity index (χ2n) is 5.65. The van der Waals surface area contributed by atoms with Crippen LogP contribution in [0.4, 0.5) is 0 Å². The molecule has 26 heavy (non-hydrogen) atoms. The number of hydroxylamine groups is 2. The molecule has 2 heterocycles. The first-order valence-electron chi connectivity index (χ1n) is 7.62. The third-order valence-electron chi connectivity index (χ3n) is 3.88. The molecule has 0 radical (unpaired) electrons. The van der Waals surface area contributed by atoms with Crippen LogP contribution in [0.3, 0.4) is 0 Å². The predicted octanol–water partition coefficient (Wildman–Crippen LogP) is 2.92. The van der Waals surface area contributed by atoms with Crippen LogP contribution in [-0.4, -0.2) is 54.4 Å². The van der Waals surface area contributed by atoms with Crippen molar-refractivity contribution >= 4 is 50.5 Å². The molecule has 2 aromatic rings. The minimum atomic E-state index is -3.86. The van der Waals surface area contributed by atoms with Crippen molar-refractivity contribution in [3.63, 3.8) is 0 Å². The topological polar surface area (TPSA) is 79.8 Å². The summed E-state index contributed by atoms with van der Waals surface area (Å²) in [6, 6.07) is 4.22. The molecule has 1 aromatic carbocycles. The number of halogens is 2. The molecule has 3 rings (SSSR count). The average Bonchev–Trinajstić information content (AvgIpc) is 3.11. The van der Waals surface area contributed by atoms with Crippen molar-refractivity contribution in [2.24, 2.45) is 0 Å². The predicted molar refractivity (Wildman–Crippen MR) is 98.9 cm³/mol. The zero-order chi connectivity index (χ0) is 18.9. The number of aromatic nitrogens is 1. The van der Waals surface area contributed by atoms with E-state index in [-0.39, 0.29) is 40.6 Å². The Bertz CT molecular complexity index is 885. The lowest BCUT2D eigenvalue weighted by molar-refractivity contribution is -0.149. The van der Waals surface area contributed by atoms with Gasteiger partial charge >= 0.3 is 5.97 Å². The third kappa shape index (κ3) is 3.88. The SMILES string of the molecule is CC1CN(S(=O)(=O)c2c(Cl)cccc2Cl)CCN1OC(=O)c1cncs1. The van der Waals surface area contributed by atoms with Crippen LogP contribution in [0.25, 0.3) is 0 Å². The number of sulfonamides is 1. The van der Waals surface area contributed by atoms with E-state index in [4.69, 9.17) is 28.0 Å². The van der Waals surface area contributed by atoms with Gasteiger partial charge in [-0.15, -0.1) is 16.4 Å². The van der Waals surface area contributed by atoms with Gasteiger partial charge in [0, 0.05) is 19.6 Å². The Morgan fingerprint density at radius 3 is 2.58 bits per heavy atom. The standard InChI is InChI=1S/C15H15Cl2N3O4S2/c1-10-8-19(26(22,23)14-11(16)3-2-4-12(14)17)5-6-20(10)24-15(21)13-7-18-9-25-13/h2-4,7,9-10H,5-6,8H2,1H3. The number of carbonyl (C=O) groups excluding carboxylic acids is 1. The second-order valence-corrected chi connectivity index (χ2v) is 9.22. The molecular weight excluding hydrogens is 421 g/mol. The summed E-state index contributed by atoms with van der Waals surface area (Å²) in [6.07, 6.45) is 1.43. The van der Waals surface area contributed by atoms with E-state index in [1.165, 1.54) is 44.5 Å². The van der Waals surface area contributed by atoms with Crippen LogP contribution in [0.1, 0.15) is 16.6 Å². The first kappa shape index (κ1) is 19.5. The minimum Gasteiger partial charge on any atom is -0.363 e. The van der Waals surface area contributed by atoms with Crippen LogP contribution < -0.4 is 0 Å². The fraction of sp³-hybridized carbons (Fsp3) is 0.333. The molecule has 0 N–H and O–H groups in total. The van der Waals surface area contributed by atoms with Crippen molar-refractivity contribution in [1.29, 1.82) is 0 Å². The Kier molecular flexibility index (Phi) is 5.85. The number of hydrogen-bond donors (Lipinski definition) is 0. The maximum atomic E-state index is 12.9. The fourth-order valence-corrected chi connectivity index (χ4v) is 5.68. The molecule has 1 aliphatic rings. The molecule has 0 bridgehead atoms. The Labute approximate surface area is 165 Å².